The topological polar surface area (TPSA) is 59.7 Å². The van der Waals surface area contributed by atoms with Gasteiger partial charge in [-0.05, 0) is 12.5 Å². The number of rotatable bonds is 3. The highest BCUT2D eigenvalue weighted by Crippen LogP contribution is 2.22. The zero-order chi connectivity index (χ0) is 13.1. The average Bonchev–Trinajstić information content (AvgIpc) is 2.91. The fourth-order valence-electron chi connectivity index (χ4n) is 2.29. The molecule has 1 aliphatic rings. The van der Waals surface area contributed by atoms with Crippen LogP contribution in [0.4, 0.5) is 5.13 Å². The maximum Gasteiger partial charge on any atom is 0.185 e. The number of benzene rings is 1. The minimum absolute atomic E-state index is 0. The molecule has 1 fully saturated rings. The van der Waals surface area contributed by atoms with E-state index < -0.39 is 0 Å². The second kappa shape index (κ2) is 8.34. The van der Waals surface area contributed by atoms with Gasteiger partial charge in [-0.25, -0.2) is 4.98 Å². The Morgan fingerprint density at radius 3 is 2.52 bits per heavy atom. The summed E-state index contributed by atoms with van der Waals surface area (Å²) in [5.41, 5.74) is 3.83. The smallest absolute Gasteiger partial charge is 0.185 e. The number of halogens is 1. The van der Waals surface area contributed by atoms with E-state index in [1.807, 2.05) is 0 Å². The van der Waals surface area contributed by atoms with E-state index in [9.17, 15) is 0 Å². The number of thiazole rings is 1. The number of piperazine rings is 1. The average molecular weight is 328 g/mol. The van der Waals surface area contributed by atoms with Gasteiger partial charge in [-0.2, -0.15) is 0 Å². The molecule has 21 heavy (non-hydrogen) atoms. The number of nitrogens with one attached hydrogen (secondary N) is 1. The lowest BCUT2D eigenvalue weighted by molar-refractivity contribution is 0.588. The van der Waals surface area contributed by atoms with Crippen LogP contribution in [0.15, 0.2) is 29.6 Å². The Labute approximate surface area is 135 Å². The van der Waals surface area contributed by atoms with Gasteiger partial charge >= 0.3 is 0 Å². The molecule has 0 unspecified atom stereocenters. The molecule has 2 heterocycles. The van der Waals surface area contributed by atoms with Crippen LogP contribution in [0.3, 0.4) is 0 Å². The van der Waals surface area contributed by atoms with Crippen molar-refractivity contribution in [3.63, 3.8) is 0 Å². The van der Waals surface area contributed by atoms with Gasteiger partial charge in [-0.1, -0.05) is 29.8 Å². The van der Waals surface area contributed by atoms with Crippen molar-refractivity contribution < 1.29 is 5.48 Å². The van der Waals surface area contributed by atoms with Crippen molar-refractivity contribution in [1.29, 1.82) is 0 Å². The fourth-order valence-corrected chi connectivity index (χ4v) is 3.17. The van der Waals surface area contributed by atoms with Crippen LogP contribution < -0.4 is 10.2 Å². The lowest BCUT2D eigenvalue weighted by Gasteiger charge is -2.26. The number of nitrogens with zero attached hydrogens (tertiary/aromatic N) is 2. The Balaban J connectivity index is 0.00000110. The van der Waals surface area contributed by atoms with Crippen LogP contribution in [0.5, 0.6) is 0 Å². The van der Waals surface area contributed by atoms with Crippen molar-refractivity contribution in [2.24, 2.45) is 0 Å². The molecule has 1 aromatic heterocycles. The molecule has 1 aromatic carbocycles. The van der Waals surface area contributed by atoms with Crippen molar-refractivity contribution in [1.82, 2.24) is 10.3 Å². The number of hydrogen-bond acceptors (Lipinski definition) is 4. The molecule has 0 atom stereocenters. The third-order valence-corrected chi connectivity index (χ3v) is 4.38. The van der Waals surface area contributed by atoms with Gasteiger partial charge in [-0.3, -0.25) is 0 Å². The van der Waals surface area contributed by atoms with E-state index in [0.717, 1.165) is 32.6 Å². The monoisotopic (exact) mass is 327 g/mol. The van der Waals surface area contributed by atoms with Gasteiger partial charge in [-0.15, -0.1) is 23.7 Å². The summed E-state index contributed by atoms with van der Waals surface area (Å²) in [6, 6.07) is 8.72. The molecular weight excluding hydrogens is 306 g/mol. The molecule has 0 bridgehead atoms. The van der Waals surface area contributed by atoms with E-state index in [1.165, 1.54) is 22.0 Å². The molecule has 3 rings (SSSR count). The highest BCUT2D eigenvalue weighted by Gasteiger charge is 2.13. The first-order chi connectivity index (χ1) is 9.31. The lowest BCUT2D eigenvalue weighted by atomic mass is 10.1. The van der Waals surface area contributed by atoms with Crippen LogP contribution in [0.25, 0.3) is 0 Å². The second-order valence-corrected chi connectivity index (χ2v) is 5.86. The molecule has 3 N–H and O–H groups in total. The SMILES string of the molecule is Cc1ccc(Cc2csc(N3CCNCC3)n2)cc1.Cl.O. The molecule has 1 saturated heterocycles. The number of aryl methyl sites for hydroxylation is 1. The summed E-state index contributed by atoms with van der Waals surface area (Å²) in [4.78, 5) is 7.14. The van der Waals surface area contributed by atoms with Crippen LogP contribution in [0.2, 0.25) is 0 Å². The van der Waals surface area contributed by atoms with Gasteiger partial charge in [0.1, 0.15) is 0 Å². The van der Waals surface area contributed by atoms with Crippen LogP contribution >= 0.6 is 23.7 Å². The third kappa shape index (κ3) is 4.68. The van der Waals surface area contributed by atoms with Gasteiger partial charge < -0.3 is 15.7 Å². The quantitative estimate of drug-likeness (QED) is 0.938. The molecule has 1 aliphatic heterocycles. The summed E-state index contributed by atoms with van der Waals surface area (Å²) in [7, 11) is 0. The van der Waals surface area contributed by atoms with E-state index >= 15 is 0 Å². The fraction of sp³-hybridized carbons (Fsp3) is 0.400. The minimum Gasteiger partial charge on any atom is -0.412 e. The summed E-state index contributed by atoms with van der Waals surface area (Å²) in [6.07, 6.45) is 0.933. The van der Waals surface area contributed by atoms with Crippen molar-refractivity contribution in [2.45, 2.75) is 13.3 Å². The summed E-state index contributed by atoms with van der Waals surface area (Å²) in [6.45, 7) is 6.38. The van der Waals surface area contributed by atoms with E-state index in [0.29, 0.717) is 0 Å². The Morgan fingerprint density at radius 1 is 1.19 bits per heavy atom. The summed E-state index contributed by atoms with van der Waals surface area (Å²) in [5, 5.41) is 6.73. The van der Waals surface area contributed by atoms with E-state index in [1.54, 1.807) is 11.3 Å². The molecule has 0 radical (unpaired) electrons. The first-order valence-corrected chi connectivity index (χ1v) is 7.65. The zero-order valence-corrected chi connectivity index (χ0v) is 13.8. The van der Waals surface area contributed by atoms with Crippen LogP contribution in [0, 0.1) is 6.92 Å². The maximum atomic E-state index is 4.77. The molecule has 0 aliphatic carbocycles. The highest BCUT2D eigenvalue weighted by molar-refractivity contribution is 7.13. The van der Waals surface area contributed by atoms with Gasteiger partial charge in [0.25, 0.3) is 0 Å². The highest BCUT2D eigenvalue weighted by atomic mass is 35.5. The summed E-state index contributed by atoms with van der Waals surface area (Å²) < 4.78 is 0. The molecule has 2 aromatic rings. The number of hydrogen-bond donors (Lipinski definition) is 1. The molecule has 4 nitrogen and oxygen atoms in total. The standard InChI is InChI=1S/C15H19N3S.ClH.H2O/c1-12-2-4-13(5-3-12)10-14-11-19-15(17-14)18-8-6-16-7-9-18;;/h2-5,11,16H,6-10H2,1H3;1H;1H2. The second-order valence-electron chi connectivity index (χ2n) is 5.02. The largest absolute Gasteiger partial charge is 0.412 e. The van der Waals surface area contributed by atoms with Gasteiger partial charge in [0, 0.05) is 38.0 Å². The van der Waals surface area contributed by atoms with Gasteiger partial charge in [0.15, 0.2) is 5.13 Å². The van der Waals surface area contributed by atoms with Crippen LogP contribution in [-0.4, -0.2) is 36.6 Å². The lowest BCUT2D eigenvalue weighted by Crippen LogP contribution is -2.43. The van der Waals surface area contributed by atoms with E-state index in [2.05, 4.69) is 46.8 Å². The molecule has 0 saturated carbocycles. The first-order valence-electron chi connectivity index (χ1n) is 6.77. The Hall–Kier alpha value is -1.14. The summed E-state index contributed by atoms with van der Waals surface area (Å²) in [5.74, 6) is 0. The number of aromatic nitrogens is 1. The molecule has 6 heteroatoms. The Morgan fingerprint density at radius 2 is 1.86 bits per heavy atom. The zero-order valence-electron chi connectivity index (χ0n) is 12.1. The molecular formula is C15H22ClN3OS. The Kier molecular flexibility index (Phi) is 7.11. The van der Waals surface area contributed by atoms with Crippen LogP contribution in [0.1, 0.15) is 16.8 Å². The van der Waals surface area contributed by atoms with Crippen molar-refractivity contribution in [3.8, 4) is 0 Å². The molecule has 0 spiro atoms. The van der Waals surface area contributed by atoms with E-state index in [-0.39, 0.29) is 17.9 Å². The summed E-state index contributed by atoms with van der Waals surface area (Å²) >= 11 is 1.77. The van der Waals surface area contributed by atoms with Crippen molar-refractivity contribution >= 4 is 28.9 Å². The van der Waals surface area contributed by atoms with Crippen molar-refractivity contribution in [3.05, 3.63) is 46.5 Å². The van der Waals surface area contributed by atoms with Crippen LogP contribution in [-0.2, 0) is 6.42 Å². The Bertz CT molecular complexity index is 538. The normalized spacial score (nSPS) is 14.2. The van der Waals surface area contributed by atoms with Crippen molar-refractivity contribution in [2.75, 3.05) is 31.1 Å². The van der Waals surface area contributed by atoms with Gasteiger partial charge in [0.2, 0.25) is 0 Å². The maximum absolute atomic E-state index is 4.77. The molecule has 116 valence electrons. The minimum atomic E-state index is 0. The molecule has 0 amide bonds. The third-order valence-electron chi connectivity index (χ3n) is 3.43. The predicted molar refractivity (Wildman–Crippen MR) is 92.0 cm³/mol. The van der Waals surface area contributed by atoms with Gasteiger partial charge in [0.05, 0.1) is 5.69 Å². The first kappa shape index (κ1) is 17.9. The number of anilines is 1. The predicted octanol–water partition coefficient (Wildman–Crippen LogP) is 2.05. The van der Waals surface area contributed by atoms with E-state index in [4.69, 9.17) is 4.98 Å².